The number of para-hydroxylation sites is 1. The summed E-state index contributed by atoms with van der Waals surface area (Å²) in [6.07, 6.45) is 3.08. The predicted molar refractivity (Wildman–Crippen MR) is 110 cm³/mol. The van der Waals surface area contributed by atoms with Gasteiger partial charge in [0.05, 0.1) is 6.04 Å². The Kier molecular flexibility index (Phi) is 5.03. The lowest BCUT2D eigenvalue weighted by Gasteiger charge is -2.04. The number of nitrogens with one attached hydrogen (secondary N) is 2. The summed E-state index contributed by atoms with van der Waals surface area (Å²) in [4.78, 5) is 5.14. The molecule has 0 atom stereocenters. The number of aromatic amines is 1. The summed E-state index contributed by atoms with van der Waals surface area (Å²) in [5, 5.41) is 14.3. The number of rotatable bonds is 7. The first kappa shape index (κ1) is 17.5. The van der Waals surface area contributed by atoms with Gasteiger partial charge in [0.2, 0.25) is 0 Å². The first-order valence-corrected chi connectivity index (χ1v) is 9.49. The van der Waals surface area contributed by atoms with Crippen LogP contribution >= 0.6 is 0 Å². The van der Waals surface area contributed by atoms with Gasteiger partial charge in [0.15, 0.2) is 0 Å². The minimum Gasteiger partial charge on any atom is -0.361 e. The molecule has 0 amide bonds. The van der Waals surface area contributed by atoms with Crippen molar-refractivity contribution in [2.45, 2.75) is 32.9 Å². The average Bonchev–Trinajstić information content (AvgIpc) is 3.31. The lowest BCUT2D eigenvalue weighted by atomic mass is 10.1. The number of fused-ring (bicyclic) bond motifs is 1. The second-order valence-corrected chi connectivity index (χ2v) is 7.06. The van der Waals surface area contributed by atoms with E-state index in [4.69, 9.17) is 10.2 Å². The maximum absolute atomic E-state index is 4.71. The Labute approximate surface area is 159 Å². The maximum atomic E-state index is 4.71. The first-order valence-electron chi connectivity index (χ1n) is 9.49. The van der Waals surface area contributed by atoms with Crippen molar-refractivity contribution in [1.29, 1.82) is 0 Å². The lowest BCUT2D eigenvalue weighted by Crippen LogP contribution is -2.17. The van der Waals surface area contributed by atoms with Gasteiger partial charge in [-0.1, -0.05) is 48.5 Å². The van der Waals surface area contributed by atoms with E-state index in [1.165, 1.54) is 16.5 Å². The first-order chi connectivity index (χ1) is 13.2. The SMILES string of the molecule is CC(C)n1nc(CNCCc2c[nH]c3ccccc23)c(-c2ccccc2)n1. The Hall–Kier alpha value is -2.92. The third-order valence-electron chi connectivity index (χ3n) is 4.75. The van der Waals surface area contributed by atoms with Gasteiger partial charge in [-0.25, -0.2) is 0 Å². The highest BCUT2D eigenvalue weighted by Gasteiger charge is 2.14. The van der Waals surface area contributed by atoms with Crippen LogP contribution in [0.4, 0.5) is 0 Å². The molecule has 4 aromatic rings. The van der Waals surface area contributed by atoms with Crippen LogP contribution in [0.25, 0.3) is 22.2 Å². The van der Waals surface area contributed by atoms with E-state index in [9.17, 15) is 0 Å². The normalized spacial score (nSPS) is 11.5. The van der Waals surface area contributed by atoms with Crippen LogP contribution < -0.4 is 5.32 Å². The number of H-pyrrole nitrogens is 1. The van der Waals surface area contributed by atoms with Crippen molar-refractivity contribution in [2.24, 2.45) is 0 Å². The molecule has 138 valence electrons. The van der Waals surface area contributed by atoms with Crippen LogP contribution in [0.1, 0.15) is 31.1 Å². The Morgan fingerprint density at radius 2 is 1.78 bits per heavy atom. The van der Waals surface area contributed by atoms with Gasteiger partial charge in [0.25, 0.3) is 0 Å². The fourth-order valence-electron chi connectivity index (χ4n) is 3.29. The second-order valence-electron chi connectivity index (χ2n) is 7.06. The molecule has 5 nitrogen and oxygen atoms in total. The fraction of sp³-hybridized carbons (Fsp3) is 0.273. The molecule has 2 aromatic carbocycles. The topological polar surface area (TPSA) is 58.5 Å². The van der Waals surface area contributed by atoms with Crippen LogP contribution in [0.5, 0.6) is 0 Å². The molecule has 5 heteroatoms. The molecule has 0 aliphatic heterocycles. The summed E-state index contributed by atoms with van der Waals surface area (Å²) in [6, 6.07) is 18.9. The predicted octanol–water partition coefficient (Wildman–Crippen LogP) is 4.34. The molecule has 27 heavy (non-hydrogen) atoms. The van der Waals surface area contributed by atoms with Gasteiger partial charge < -0.3 is 10.3 Å². The van der Waals surface area contributed by atoms with Crippen molar-refractivity contribution >= 4 is 10.9 Å². The number of aromatic nitrogens is 4. The van der Waals surface area contributed by atoms with Crippen LogP contribution in [0.2, 0.25) is 0 Å². The minimum atomic E-state index is 0.243. The molecule has 0 saturated carbocycles. The number of hydrogen-bond donors (Lipinski definition) is 2. The Morgan fingerprint density at radius 3 is 2.59 bits per heavy atom. The lowest BCUT2D eigenvalue weighted by molar-refractivity contribution is 0.462. The van der Waals surface area contributed by atoms with Gasteiger partial charge in [-0.2, -0.15) is 15.0 Å². The second kappa shape index (κ2) is 7.76. The largest absolute Gasteiger partial charge is 0.361 e. The van der Waals surface area contributed by atoms with E-state index < -0.39 is 0 Å². The van der Waals surface area contributed by atoms with Gasteiger partial charge in [0.1, 0.15) is 11.4 Å². The smallest absolute Gasteiger partial charge is 0.117 e. The molecule has 0 radical (unpaired) electrons. The van der Waals surface area contributed by atoms with Gasteiger partial charge >= 0.3 is 0 Å². The summed E-state index contributed by atoms with van der Waals surface area (Å²) in [7, 11) is 0. The Bertz CT molecular complexity index is 1010. The summed E-state index contributed by atoms with van der Waals surface area (Å²) in [6.45, 7) is 5.80. The molecule has 0 aliphatic carbocycles. The van der Waals surface area contributed by atoms with E-state index in [2.05, 4.69) is 66.7 Å². The minimum absolute atomic E-state index is 0.243. The zero-order chi connectivity index (χ0) is 18.6. The van der Waals surface area contributed by atoms with E-state index >= 15 is 0 Å². The molecule has 0 bridgehead atoms. The summed E-state index contributed by atoms with van der Waals surface area (Å²) in [5.41, 5.74) is 5.60. The molecule has 4 rings (SSSR count). The molecular weight excluding hydrogens is 334 g/mol. The van der Waals surface area contributed by atoms with Crippen LogP contribution in [-0.2, 0) is 13.0 Å². The van der Waals surface area contributed by atoms with E-state index in [1.54, 1.807) is 4.80 Å². The summed E-state index contributed by atoms with van der Waals surface area (Å²) < 4.78 is 0. The van der Waals surface area contributed by atoms with E-state index in [0.717, 1.165) is 29.9 Å². The van der Waals surface area contributed by atoms with Gasteiger partial charge in [-0.15, -0.1) is 0 Å². The average molecular weight is 359 g/mol. The van der Waals surface area contributed by atoms with Crippen molar-refractivity contribution in [2.75, 3.05) is 6.54 Å². The van der Waals surface area contributed by atoms with Crippen molar-refractivity contribution in [3.05, 3.63) is 72.1 Å². The molecule has 2 N–H and O–H groups in total. The number of nitrogens with zero attached hydrogens (tertiary/aromatic N) is 3. The third kappa shape index (κ3) is 3.78. The zero-order valence-corrected chi connectivity index (χ0v) is 15.8. The molecular formula is C22H25N5. The highest BCUT2D eigenvalue weighted by molar-refractivity contribution is 5.83. The van der Waals surface area contributed by atoms with Crippen molar-refractivity contribution in [3.8, 4) is 11.3 Å². The zero-order valence-electron chi connectivity index (χ0n) is 15.8. The molecule has 0 fully saturated rings. The molecule has 0 saturated heterocycles. The summed E-state index contributed by atoms with van der Waals surface area (Å²) in [5.74, 6) is 0. The molecule has 2 heterocycles. The molecule has 2 aromatic heterocycles. The molecule has 0 aliphatic rings. The molecule has 0 spiro atoms. The number of benzene rings is 2. The maximum Gasteiger partial charge on any atom is 0.117 e. The van der Waals surface area contributed by atoms with E-state index in [1.807, 2.05) is 18.2 Å². The highest BCUT2D eigenvalue weighted by atomic mass is 15.5. The van der Waals surface area contributed by atoms with Crippen LogP contribution in [-0.4, -0.2) is 26.5 Å². The fourth-order valence-corrected chi connectivity index (χ4v) is 3.29. The van der Waals surface area contributed by atoms with E-state index in [0.29, 0.717) is 6.54 Å². The van der Waals surface area contributed by atoms with Crippen LogP contribution in [0.15, 0.2) is 60.8 Å². The summed E-state index contributed by atoms with van der Waals surface area (Å²) >= 11 is 0. The Morgan fingerprint density at radius 1 is 1.00 bits per heavy atom. The standard InChI is InChI=1S/C22H25N5/c1-16(2)27-25-21(22(26-27)17-8-4-3-5-9-17)15-23-13-12-18-14-24-20-11-7-6-10-19(18)20/h3-11,14,16,23-24H,12-13,15H2,1-2H3. The van der Waals surface area contributed by atoms with Crippen LogP contribution in [0.3, 0.4) is 0 Å². The van der Waals surface area contributed by atoms with E-state index in [-0.39, 0.29) is 6.04 Å². The monoisotopic (exact) mass is 359 g/mol. The molecule has 0 unspecified atom stereocenters. The third-order valence-corrected chi connectivity index (χ3v) is 4.75. The Balaban J connectivity index is 1.45. The van der Waals surface area contributed by atoms with Crippen molar-refractivity contribution in [1.82, 2.24) is 25.3 Å². The van der Waals surface area contributed by atoms with Crippen molar-refractivity contribution < 1.29 is 0 Å². The van der Waals surface area contributed by atoms with Gasteiger partial charge in [0, 0.05) is 29.2 Å². The quantitative estimate of drug-likeness (QED) is 0.483. The number of hydrogen-bond acceptors (Lipinski definition) is 3. The highest BCUT2D eigenvalue weighted by Crippen LogP contribution is 2.21. The van der Waals surface area contributed by atoms with Gasteiger partial charge in [-0.3, -0.25) is 0 Å². The van der Waals surface area contributed by atoms with Crippen molar-refractivity contribution in [3.63, 3.8) is 0 Å². The van der Waals surface area contributed by atoms with Gasteiger partial charge in [-0.05, 0) is 38.4 Å². The van der Waals surface area contributed by atoms with Crippen LogP contribution in [0, 0.1) is 0 Å².